The molecule has 1 rings (SSSR count). The van der Waals surface area contributed by atoms with E-state index >= 15 is 0 Å². The number of rotatable bonds is 10. The number of aryl methyl sites for hydroxylation is 2. The van der Waals surface area contributed by atoms with Gasteiger partial charge in [0.1, 0.15) is 5.82 Å². The Morgan fingerprint density at radius 1 is 1.10 bits per heavy atom. The Labute approximate surface area is 128 Å². The highest BCUT2D eigenvalue weighted by atomic mass is 16.5. The Kier molecular flexibility index (Phi) is 8.27. The quantitative estimate of drug-likeness (QED) is 0.669. The van der Waals surface area contributed by atoms with Crippen molar-refractivity contribution in [3.05, 3.63) is 22.9 Å². The topological polar surface area (TPSA) is 60.6 Å². The summed E-state index contributed by atoms with van der Waals surface area (Å²) < 4.78 is 11.0. The second-order valence-corrected chi connectivity index (χ2v) is 4.97. The molecule has 0 spiro atoms. The van der Waals surface area contributed by atoms with Crippen LogP contribution in [0.5, 0.6) is 0 Å². The number of pyridine rings is 1. The van der Waals surface area contributed by atoms with Crippen molar-refractivity contribution in [3.8, 4) is 0 Å². The maximum atomic E-state index is 5.92. The number of hydrogen-bond acceptors (Lipinski definition) is 5. The van der Waals surface area contributed by atoms with E-state index in [0.717, 1.165) is 43.4 Å². The van der Waals surface area contributed by atoms with Gasteiger partial charge in [0.25, 0.3) is 0 Å². The van der Waals surface area contributed by atoms with Crippen molar-refractivity contribution in [3.63, 3.8) is 0 Å². The molecule has 0 bridgehead atoms. The minimum atomic E-state index is 0.494. The summed E-state index contributed by atoms with van der Waals surface area (Å²) in [5.41, 5.74) is 9.23. The predicted octanol–water partition coefficient (Wildman–Crippen LogP) is 2.04. The average molecular weight is 295 g/mol. The highest BCUT2D eigenvalue weighted by Crippen LogP contribution is 2.22. The lowest BCUT2D eigenvalue weighted by molar-refractivity contribution is 0.141. The molecule has 0 aliphatic rings. The molecule has 0 fully saturated rings. The summed E-state index contributed by atoms with van der Waals surface area (Å²) in [5.74, 6) is 0.967. The maximum absolute atomic E-state index is 5.92. The first-order chi connectivity index (χ1) is 10.1. The smallest absolute Gasteiger partial charge is 0.133 e. The number of aromatic nitrogens is 1. The van der Waals surface area contributed by atoms with Crippen LogP contribution in [0.1, 0.15) is 30.7 Å². The Bertz CT molecular complexity index is 414. The number of nitrogens with zero attached hydrogens (tertiary/aromatic N) is 2. The van der Waals surface area contributed by atoms with Gasteiger partial charge in [-0.25, -0.2) is 4.98 Å². The predicted molar refractivity (Wildman–Crippen MR) is 86.8 cm³/mol. The Morgan fingerprint density at radius 2 is 1.67 bits per heavy atom. The van der Waals surface area contributed by atoms with E-state index < -0.39 is 0 Å². The zero-order valence-electron chi connectivity index (χ0n) is 13.8. The molecule has 1 heterocycles. The van der Waals surface area contributed by atoms with Gasteiger partial charge < -0.3 is 20.1 Å². The van der Waals surface area contributed by atoms with Crippen molar-refractivity contribution in [2.75, 3.05) is 44.4 Å². The van der Waals surface area contributed by atoms with Crippen LogP contribution in [-0.2, 0) is 16.0 Å². The Balaban J connectivity index is 2.94. The fourth-order valence-electron chi connectivity index (χ4n) is 2.32. The molecule has 0 amide bonds. The van der Waals surface area contributed by atoms with Crippen molar-refractivity contribution in [1.82, 2.24) is 4.98 Å². The molecule has 0 aliphatic heterocycles. The van der Waals surface area contributed by atoms with Gasteiger partial charge in [-0.3, -0.25) is 0 Å². The molecular weight excluding hydrogens is 266 g/mol. The van der Waals surface area contributed by atoms with Gasteiger partial charge in [-0.2, -0.15) is 0 Å². The first-order valence-electron chi connectivity index (χ1n) is 7.71. The van der Waals surface area contributed by atoms with Crippen LogP contribution < -0.4 is 10.6 Å². The standard InChI is InChI=1S/C16H29N3O2/c1-5-20-9-7-19(8-10-21-6-2)16-15(12-17)13(3)11-14(4)18-16/h11H,5-10,12,17H2,1-4H3. The highest BCUT2D eigenvalue weighted by Gasteiger charge is 2.15. The summed E-state index contributed by atoms with van der Waals surface area (Å²) in [7, 11) is 0. The van der Waals surface area contributed by atoms with Crippen LogP contribution in [0.3, 0.4) is 0 Å². The molecule has 0 atom stereocenters. The van der Waals surface area contributed by atoms with Gasteiger partial charge in [0.05, 0.1) is 13.2 Å². The molecule has 1 aromatic heterocycles. The summed E-state index contributed by atoms with van der Waals surface area (Å²) in [4.78, 5) is 6.91. The zero-order chi connectivity index (χ0) is 15.7. The molecule has 0 aliphatic carbocycles. The van der Waals surface area contributed by atoms with E-state index in [1.807, 2.05) is 20.8 Å². The van der Waals surface area contributed by atoms with Crippen molar-refractivity contribution >= 4 is 5.82 Å². The van der Waals surface area contributed by atoms with Crippen LogP contribution in [-0.4, -0.2) is 44.5 Å². The summed E-state index contributed by atoms with van der Waals surface area (Å²) in [5, 5.41) is 0. The molecule has 120 valence electrons. The third kappa shape index (κ3) is 5.61. The first kappa shape index (κ1) is 17.9. The number of anilines is 1. The van der Waals surface area contributed by atoms with Crippen LogP contribution in [0.2, 0.25) is 0 Å². The molecule has 5 heteroatoms. The second kappa shape index (κ2) is 9.71. The molecule has 0 saturated carbocycles. The van der Waals surface area contributed by atoms with Crippen LogP contribution in [0.25, 0.3) is 0 Å². The van der Waals surface area contributed by atoms with Gasteiger partial charge in [0.15, 0.2) is 0 Å². The van der Waals surface area contributed by atoms with E-state index in [4.69, 9.17) is 20.2 Å². The van der Waals surface area contributed by atoms with Gasteiger partial charge in [-0.1, -0.05) is 0 Å². The van der Waals surface area contributed by atoms with Crippen LogP contribution >= 0.6 is 0 Å². The van der Waals surface area contributed by atoms with Crippen LogP contribution in [0.15, 0.2) is 6.07 Å². The monoisotopic (exact) mass is 295 g/mol. The van der Waals surface area contributed by atoms with Crippen LogP contribution in [0, 0.1) is 13.8 Å². The Hall–Kier alpha value is -1.17. The molecular formula is C16H29N3O2. The van der Waals surface area contributed by atoms with Gasteiger partial charge in [0, 0.05) is 44.1 Å². The second-order valence-electron chi connectivity index (χ2n) is 4.97. The van der Waals surface area contributed by atoms with Gasteiger partial charge >= 0.3 is 0 Å². The van der Waals surface area contributed by atoms with Crippen LogP contribution in [0.4, 0.5) is 5.82 Å². The van der Waals surface area contributed by atoms with E-state index in [1.54, 1.807) is 0 Å². The van der Waals surface area contributed by atoms with E-state index in [1.165, 1.54) is 5.56 Å². The van der Waals surface area contributed by atoms with E-state index in [0.29, 0.717) is 19.8 Å². The molecule has 0 aromatic carbocycles. The summed E-state index contributed by atoms with van der Waals surface area (Å²) >= 11 is 0. The Morgan fingerprint density at radius 3 is 2.14 bits per heavy atom. The lowest BCUT2D eigenvalue weighted by Crippen LogP contribution is -2.33. The molecule has 0 saturated heterocycles. The number of hydrogen-bond donors (Lipinski definition) is 1. The van der Waals surface area contributed by atoms with E-state index in [2.05, 4.69) is 17.9 Å². The molecule has 1 aromatic rings. The lowest BCUT2D eigenvalue weighted by Gasteiger charge is -2.27. The normalized spacial score (nSPS) is 10.9. The van der Waals surface area contributed by atoms with Crippen molar-refractivity contribution in [2.24, 2.45) is 5.73 Å². The zero-order valence-corrected chi connectivity index (χ0v) is 13.8. The lowest BCUT2D eigenvalue weighted by atomic mass is 10.1. The summed E-state index contributed by atoms with van der Waals surface area (Å²) in [6, 6.07) is 2.08. The molecule has 5 nitrogen and oxygen atoms in total. The van der Waals surface area contributed by atoms with Gasteiger partial charge in [0.2, 0.25) is 0 Å². The fourth-order valence-corrected chi connectivity index (χ4v) is 2.32. The number of nitrogens with two attached hydrogens (primary N) is 1. The fraction of sp³-hybridized carbons (Fsp3) is 0.688. The maximum Gasteiger partial charge on any atom is 0.133 e. The van der Waals surface area contributed by atoms with E-state index in [9.17, 15) is 0 Å². The first-order valence-corrected chi connectivity index (χ1v) is 7.71. The molecule has 0 radical (unpaired) electrons. The largest absolute Gasteiger partial charge is 0.380 e. The molecule has 2 N–H and O–H groups in total. The minimum absolute atomic E-state index is 0.494. The third-order valence-electron chi connectivity index (χ3n) is 3.38. The number of ether oxygens (including phenoxy) is 2. The summed E-state index contributed by atoms with van der Waals surface area (Å²) in [6.45, 7) is 13.0. The SMILES string of the molecule is CCOCCN(CCOCC)c1nc(C)cc(C)c1CN. The van der Waals surface area contributed by atoms with Crippen molar-refractivity contribution in [1.29, 1.82) is 0 Å². The van der Waals surface area contributed by atoms with Gasteiger partial charge in [-0.05, 0) is 39.3 Å². The molecule has 0 unspecified atom stereocenters. The van der Waals surface area contributed by atoms with Gasteiger partial charge in [-0.15, -0.1) is 0 Å². The van der Waals surface area contributed by atoms with E-state index in [-0.39, 0.29) is 0 Å². The van der Waals surface area contributed by atoms with Crippen molar-refractivity contribution < 1.29 is 9.47 Å². The molecule has 21 heavy (non-hydrogen) atoms. The minimum Gasteiger partial charge on any atom is -0.380 e. The van der Waals surface area contributed by atoms with Crippen molar-refractivity contribution in [2.45, 2.75) is 34.2 Å². The average Bonchev–Trinajstić information content (AvgIpc) is 2.45. The highest BCUT2D eigenvalue weighted by molar-refractivity contribution is 5.51. The third-order valence-corrected chi connectivity index (χ3v) is 3.38. The summed E-state index contributed by atoms with van der Waals surface area (Å²) in [6.07, 6.45) is 0.